The first-order valence-electron chi connectivity index (χ1n) is 7.75. The summed E-state index contributed by atoms with van der Waals surface area (Å²) in [6.07, 6.45) is 3.01. The minimum Gasteiger partial charge on any atom is -0.362 e. The summed E-state index contributed by atoms with van der Waals surface area (Å²) in [7, 11) is 1.84. The summed E-state index contributed by atoms with van der Waals surface area (Å²) in [6, 6.07) is 4.20. The first kappa shape index (κ1) is 15.1. The number of rotatable bonds is 3. The van der Waals surface area contributed by atoms with E-state index in [0.717, 1.165) is 38.2 Å². The van der Waals surface area contributed by atoms with E-state index in [0.29, 0.717) is 12.2 Å². The van der Waals surface area contributed by atoms with Gasteiger partial charge in [0.05, 0.1) is 6.54 Å². The molecule has 118 valence electrons. The first-order chi connectivity index (χ1) is 10.5. The lowest BCUT2D eigenvalue weighted by atomic mass is 10.0. The molecule has 1 amide bonds. The van der Waals surface area contributed by atoms with Gasteiger partial charge in [-0.25, -0.2) is 0 Å². The van der Waals surface area contributed by atoms with Crippen LogP contribution in [-0.2, 0) is 22.6 Å². The Kier molecular flexibility index (Phi) is 3.94. The van der Waals surface area contributed by atoms with Gasteiger partial charge in [0.25, 0.3) is 0 Å². The number of morpholine rings is 1. The van der Waals surface area contributed by atoms with Crippen molar-refractivity contribution in [1.29, 1.82) is 5.26 Å². The summed E-state index contributed by atoms with van der Waals surface area (Å²) in [5, 5.41) is 9.13. The van der Waals surface area contributed by atoms with Gasteiger partial charge in [0.1, 0.15) is 24.0 Å². The van der Waals surface area contributed by atoms with E-state index in [1.165, 1.54) is 0 Å². The van der Waals surface area contributed by atoms with Crippen molar-refractivity contribution in [3.8, 4) is 6.07 Å². The van der Waals surface area contributed by atoms with E-state index in [1.807, 2.05) is 24.6 Å². The number of hydrogen-bond donors (Lipinski definition) is 0. The highest BCUT2D eigenvalue weighted by Gasteiger charge is 2.43. The smallest absolute Gasteiger partial charge is 0.248 e. The molecule has 0 N–H and O–H groups in total. The average Bonchev–Trinajstić information content (AvgIpc) is 3.08. The maximum atomic E-state index is 11.6. The van der Waals surface area contributed by atoms with Crippen LogP contribution in [0.1, 0.15) is 24.6 Å². The average molecular weight is 302 g/mol. The summed E-state index contributed by atoms with van der Waals surface area (Å²) < 4.78 is 7.83. The van der Waals surface area contributed by atoms with Gasteiger partial charge < -0.3 is 14.2 Å². The lowest BCUT2D eigenvalue weighted by molar-refractivity contribution is -0.159. The third-order valence-electron chi connectivity index (χ3n) is 4.66. The van der Waals surface area contributed by atoms with Crippen molar-refractivity contribution >= 4 is 5.91 Å². The summed E-state index contributed by atoms with van der Waals surface area (Å²) in [5.74, 6) is 0.0581. The highest BCUT2D eigenvalue weighted by atomic mass is 16.5. The van der Waals surface area contributed by atoms with Crippen LogP contribution in [0.25, 0.3) is 0 Å². The molecule has 1 aromatic heterocycles. The Morgan fingerprint density at radius 2 is 2.27 bits per heavy atom. The molecule has 3 rings (SSSR count). The van der Waals surface area contributed by atoms with Crippen molar-refractivity contribution in [2.45, 2.75) is 32.0 Å². The second kappa shape index (κ2) is 5.75. The monoisotopic (exact) mass is 302 g/mol. The van der Waals surface area contributed by atoms with Crippen LogP contribution in [-0.4, -0.2) is 59.2 Å². The molecule has 0 unspecified atom stereocenters. The summed E-state index contributed by atoms with van der Waals surface area (Å²) in [6.45, 7) is 6.33. The van der Waals surface area contributed by atoms with Gasteiger partial charge in [-0.1, -0.05) is 0 Å². The van der Waals surface area contributed by atoms with Crippen LogP contribution in [0.3, 0.4) is 0 Å². The Balaban J connectivity index is 1.65. The van der Waals surface area contributed by atoms with Gasteiger partial charge in [-0.15, -0.1) is 0 Å². The third-order valence-corrected chi connectivity index (χ3v) is 4.66. The Morgan fingerprint density at radius 3 is 2.91 bits per heavy atom. The van der Waals surface area contributed by atoms with Crippen molar-refractivity contribution in [2.75, 3.05) is 33.3 Å². The molecule has 1 spiro atoms. The van der Waals surface area contributed by atoms with Gasteiger partial charge in [-0.05, 0) is 25.0 Å². The first-order valence-corrected chi connectivity index (χ1v) is 7.75. The van der Waals surface area contributed by atoms with Gasteiger partial charge in [-0.2, -0.15) is 5.26 Å². The highest BCUT2D eigenvalue weighted by molar-refractivity contribution is 5.78. The van der Waals surface area contributed by atoms with Crippen LogP contribution >= 0.6 is 0 Å². The number of ether oxygens (including phenoxy) is 1. The standard InChI is InChI=1S/C16H22N4O2/c1-3-20-9-13(6-14(20)7-17)8-19-5-4-16(12-19)11-18(2)15(21)10-22-16/h6,9H,3-5,8,10-12H2,1-2H3/t16-/m1/s1. The lowest BCUT2D eigenvalue weighted by Gasteiger charge is -2.38. The van der Waals surface area contributed by atoms with Gasteiger partial charge in [-0.3, -0.25) is 9.69 Å². The summed E-state index contributed by atoms with van der Waals surface area (Å²) in [5.41, 5.74) is 1.66. The maximum Gasteiger partial charge on any atom is 0.248 e. The molecule has 0 radical (unpaired) electrons. The number of likely N-dealkylation sites (tertiary alicyclic amines) is 1. The number of nitriles is 1. The minimum atomic E-state index is -0.214. The largest absolute Gasteiger partial charge is 0.362 e. The Labute approximate surface area is 130 Å². The Morgan fingerprint density at radius 1 is 1.45 bits per heavy atom. The molecule has 22 heavy (non-hydrogen) atoms. The zero-order valence-corrected chi connectivity index (χ0v) is 13.2. The molecular formula is C16H22N4O2. The number of amides is 1. The number of aryl methyl sites for hydroxylation is 1. The van der Waals surface area contributed by atoms with E-state index in [2.05, 4.69) is 17.2 Å². The van der Waals surface area contributed by atoms with Crippen LogP contribution in [0.5, 0.6) is 0 Å². The molecule has 0 saturated carbocycles. The zero-order chi connectivity index (χ0) is 15.7. The second-order valence-corrected chi connectivity index (χ2v) is 6.31. The molecule has 6 nitrogen and oxygen atoms in total. The topological polar surface area (TPSA) is 61.5 Å². The van der Waals surface area contributed by atoms with Crippen LogP contribution in [0, 0.1) is 11.3 Å². The molecule has 6 heteroatoms. The number of carbonyl (C=O) groups is 1. The molecule has 0 aromatic carbocycles. The number of aromatic nitrogens is 1. The molecular weight excluding hydrogens is 280 g/mol. The molecule has 2 fully saturated rings. The molecule has 0 aliphatic carbocycles. The lowest BCUT2D eigenvalue weighted by Crippen LogP contribution is -2.54. The minimum absolute atomic E-state index is 0.0581. The number of nitrogens with zero attached hydrogens (tertiary/aromatic N) is 4. The third kappa shape index (κ3) is 2.74. The van der Waals surface area contributed by atoms with E-state index < -0.39 is 0 Å². The fourth-order valence-electron chi connectivity index (χ4n) is 3.47. The van der Waals surface area contributed by atoms with Crippen LogP contribution < -0.4 is 0 Å². The molecule has 3 heterocycles. The SMILES string of the molecule is CCn1cc(CN2CC[C@]3(C2)CN(C)C(=O)CO3)cc1C#N. The quantitative estimate of drug-likeness (QED) is 0.829. The van der Waals surface area contributed by atoms with Crippen LogP contribution in [0.4, 0.5) is 0 Å². The van der Waals surface area contributed by atoms with E-state index in [4.69, 9.17) is 10.00 Å². The molecule has 2 aliphatic heterocycles. The van der Waals surface area contributed by atoms with Crippen molar-refractivity contribution in [3.05, 3.63) is 23.5 Å². The van der Waals surface area contributed by atoms with Gasteiger partial charge in [0, 0.05) is 39.4 Å². The second-order valence-electron chi connectivity index (χ2n) is 6.31. The number of hydrogen-bond acceptors (Lipinski definition) is 4. The van der Waals surface area contributed by atoms with Crippen molar-refractivity contribution in [2.24, 2.45) is 0 Å². The van der Waals surface area contributed by atoms with Gasteiger partial charge in [0.15, 0.2) is 0 Å². The van der Waals surface area contributed by atoms with Crippen molar-refractivity contribution in [3.63, 3.8) is 0 Å². The molecule has 1 atom stereocenters. The Hall–Kier alpha value is -1.84. The summed E-state index contributed by atoms with van der Waals surface area (Å²) in [4.78, 5) is 15.7. The maximum absolute atomic E-state index is 11.6. The van der Waals surface area contributed by atoms with Crippen LogP contribution in [0.15, 0.2) is 12.3 Å². The zero-order valence-electron chi connectivity index (χ0n) is 13.2. The van der Waals surface area contributed by atoms with Crippen molar-refractivity contribution < 1.29 is 9.53 Å². The molecule has 2 saturated heterocycles. The molecule has 2 aliphatic rings. The van der Waals surface area contributed by atoms with Gasteiger partial charge in [0.2, 0.25) is 5.91 Å². The van der Waals surface area contributed by atoms with E-state index >= 15 is 0 Å². The molecule has 0 bridgehead atoms. The predicted molar refractivity (Wildman–Crippen MR) is 81.0 cm³/mol. The fraction of sp³-hybridized carbons (Fsp3) is 0.625. The van der Waals surface area contributed by atoms with E-state index in [9.17, 15) is 4.79 Å². The number of likely N-dealkylation sites (N-methyl/N-ethyl adjacent to an activating group) is 1. The normalized spacial score (nSPS) is 25.9. The Bertz CT molecular complexity index is 618. The van der Waals surface area contributed by atoms with E-state index in [-0.39, 0.29) is 18.1 Å². The fourth-order valence-corrected chi connectivity index (χ4v) is 3.47. The van der Waals surface area contributed by atoms with Crippen molar-refractivity contribution in [1.82, 2.24) is 14.4 Å². The molecule has 1 aromatic rings. The summed E-state index contributed by atoms with van der Waals surface area (Å²) >= 11 is 0. The van der Waals surface area contributed by atoms with Crippen LogP contribution in [0.2, 0.25) is 0 Å². The van der Waals surface area contributed by atoms with Gasteiger partial charge >= 0.3 is 0 Å². The highest BCUT2D eigenvalue weighted by Crippen LogP contribution is 2.30. The number of carbonyl (C=O) groups excluding carboxylic acids is 1. The predicted octanol–water partition coefficient (Wildman–Crippen LogP) is 0.813. The van der Waals surface area contributed by atoms with E-state index in [1.54, 1.807) is 4.90 Å².